The van der Waals surface area contributed by atoms with E-state index in [1.54, 1.807) is 0 Å². The summed E-state index contributed by atoms with van der Waals surface area (Å²) in [6.45, 7) is 13.4. The van der Waals surface area contributed by atoms with Crippen LogP contribution in [-0.4, -0.2) is 11.4 Å². The Morgan fingerprint density at radius 1 is 1.05 bits per heavy atom. The van der Waals surface area contributed by atoms with E-state index < -0.39 is 0 Å². The predicted octanol–water partition coefficient (Wildman–Crippen LogP) is 5.88. The van der Waals surface area contributed by atoms with Gasteiger partial charge in [0.05, 0.1) is 10.1 Å². The molecule has 2 atom stereocenters. The van der Waals surface area contributed by atoms with Crippen molar-refractivity contribution in [3.8, 4) is 5.75 Å². The molecule has 0 spiro atoms. The number of allylic oxidation sites excluding steroid dienone is 2. The van der Waals surface area contributed by atoms with Crippen LogP contribution in [0.1, 0.15) is 51.7 Å². The Morgan fingerprint density at radius 3 is 2.41 bits per heavy atom. The average molecular weight is 314 g/mol. The van der Waals surface area contributed by atoms with Gasteiger partial charge in [-0.1, -0.05) is 51.5 Å². The molecule has 1 aliphatic carbocycles. The van der Waals surface area contributed by atoms with Gasteiger partial charge < -0.3 is 4.74 Å². The largest absolute Gasteiger partial charge is 0.483 e. The minimum absolute atomic E-state index is 0.182. The first-order chi connectivity index (χ1) is 10.4. The van der Waals surface area contributed by atoms with Crippen LogP contribution in [0, 0.1) is 12.8 Å². The number of hydrogen-bond donors (Lipinski definition) is 0. The number of hydrogen-bond acceptors (Lipinski definition) is 2. The van der Waals surface area contributed by atoms with Crippen molar-refractivity contribution in [2.75, 3.05) is 0 Å². The monoisotopic (exact) mass is 314 g/mol. The van der Waals surface area contributed by atoms with E-state index in [4.69, 9.17) is 4.74 Å². The van der Waals surface area contributed by atoms with E-state index in [-0.39, 0.29) is 6.10 Å². The lowest BCUT2D eigenvalue weighted by Crippen LogP contribution is -2.37. The Morgan fingerprint density at radius 2 is 1.77 bits per heavy atom. The van der Waals surface area contributed by atoms with Crippen molar-refractivity contribution in [1.29, 1.82) is 0 Å². The fourth-order valence-corrected chi connectivity index (χ4v) is 4.78. The maximum atomic E-state index is 6.57. The molecule has 1 aromatic carbocycles. The van der Waals surface area contributed by atoms with E-state index in [2.05, 4.69) is 65.8 Å². The van der Waals surface area contributed by atoms with E-state index in [1.165, 1.54) is 27.2 Å². The summed E-state index contributed by atoms with van der Waals surface area (Å²) in [4.78, 5) is 1.30. The van der Waals surface area contributed by atoms with Crippen molar-refractivity contribution >= 4 is 11.8 Å². The summed E-state index contributed by atoms with van der Waals surface area (Å²) < 4.78 is 6.57. The van der Waals surface area contributed by atoms with Gasteiger partial charge in [-0.25, -0.2) is 0 Å². The third-order valence-electron chi connectivity index (χ3n) is 4.47. The van der Waals surface area contributed by atoms with E-state index in [9.17, 15) is 0 Å². The van der Waals surface area contributed by atoms with Crippen LogP contribution in [0.25, 0.3) is 0 Å². The fourth-order valence-electron chi connectivity index (χ4n) is 3.34. The quantitative estimate of drug-likeness (QED) is 0.674. The maximum absolute atomic E-state index is 6.57. The summed E-state index contributed by atoms with van der Waals surface area (Å²) in [6, 6.07) is 4.56. The lowest BCUT2D eigenvalue weighted by Gasteiger charge is -2.38. The molecule has 0 N–H and O–H groups in total. The van der Waals surface area contributed by atoms with Crippen molar-refractivity contribution < 1.29 is 4.74 Å². The standard InChI is InChI=1S/C20H26OS/c1-11(2)15-7-13(5)9-17-19(15)21-20-16(12(3)4)8-14(6)10-18(20)22-17/h7-12,17,19H,1-6H3. The van der Waals surface area contributed by atoms with Crippen molar-refractivity contribution in [1.82, 2.24) is 0 Å². The summed E-state index contributed by atoms with van der Waals surface area (Å²) in [5.74, 6) is 2.12. The minimum atomic E-state index is 0.182. The average Bonchev–Trinajstić information content (AvgIpc) is 2.43. The Hall–Kier alpha value is -1.15. The number of benzene rings is 1. The first kappa shape index (κ1) is 15.7. The summed E-state index contributed by atoms with van der Waals surface area (Å²) in [7, 11) is 0. The molecule has 1 aliphatic heterocycles. The van der Waals surface area contributed by atoms with Crippen LogP contribution >= 0.6 is 11.8 Å². The van der Waals surface area contributed by atoms with Gasteiger partial charge in [-0.05, 0) is 48.4 Å². The molecule has 2 unspecified atom stereocenters. The SMILES string of the molecule is CC1=CC2Sc3cc(C)cc(C(C)C)c3OC2C(C(C)C)=C1. The number of aryl methyl sites for hydroxylation is 1. The van der Waals surface area contributed by atoms with Crippen LogP contribution in [0.4, 0.5) is 0 Å². The van der Waals surface area contributed by atoms with Gasteiger partial charge in [-0.3, -0.25) is 0 Å². The Balaban J connectivity index is 2.07. The van der Waals surface area contributed by atoms with Crippen LogP contribution in [0.5, 0.6) is 5.75 Å². The number of fused-ring (bicyclic) bond motifs is 2. The number of rotatable bonds is 2. The molecular weight excluding hydrogens is 288 g/mol. The zero-order chi connectivity index (χ0) is 16.0. The second-order valence-electron chi connectivity index (χ2n) is 7.17. The van der Waals surface area contributed by atoms with Gasteiger partial charge in [0.15, 0.2) is 0 Å². The molecule has 0 saturated carbocycles. The topological polar surface area (TPSA) is 9.23 Å². The van der Waals surface area contributed by atoms with Crippen molar-refractivity contribution in [2.24, 2.45) is 5.92 Å². The van der Waals surface area contributed by atoms with E-state index in [1.807, 2.05) is 11.8 Å². The molecule has 118 valence electrons. The summed E-state index contributed by atoms with van der Waals surface area (Å²) in [6.07, 6.45) is 4.86. The second-order valence-corrected chi connectivity index (χ2v) is 8.39. The Bertz CT molecular complexity index is 652. The summed E-state index contributed by atoms with van der Waals surface area (Å²) in [5, 5.41) is 0.400. The zero-order valence-electron chi connectivity index (χ0n) is 14.4. The molecule has 1 nitrogen and oxygen atoms in total. The highest BCUT2D eigenvalue weighted by Crippen LogP contribution is 2.48. The van der Waals surface area contributed by atoms with Crippen molar-refractivity contribution in [2.45, 2.75) is 63.7 Å². The van der Waals surface area contributed by atoms with E-state index in [0.29, 0.717) is 17.1 Å². The number of ether oxygens (including phenoxy) is 1. The normalized spacial score (nSPS) is 23.6. The molecule has 0 aromatic heterocycles. The van der Waals surface area contributed by atoms with E-state index in [0.717, 1.165) is 5.75 Å². The molecule has 3 rings (SSSR count). The molecule has 0 fully saturated rings. The predicted molar refractivity (Wildman–Crippen MR) is 96.0 cm³/mol. The molecule has 0 radical (unpaired) electrons. The van der Waals surface area contributed by atoms with Crippen LogP contribution < -0.4 is 4.74 Å². The molecule has 0 bridgehead atoms. The molecule has 2 heteroatoms. The Labute approximate surface area is 138 Å². The van der Waals surface area contributed by atoms with E-state index >= 15 is 0 Å². The molecule has 1 aromatic rings. The van der Waals surface area contributed by atoms with Gasteiger partial charge >= 0.3 is 0 Å². The smallest absolute Gasteiger partial charge is 0.137 e. The van der Waals surface area contributed by atoms with Crippen LogP contribution in [0.3, 0.4) is 0 Å². The molecule has 1 heterocycles. The zero-order valence-corrected chi connectivity index (χ0v) is 15.3. The summed E-state index contributed by atoms with van der Waals surface area (Å²) >= 11 is 1.97. The lowest BCUT2D eigenvalue weighted by atomic mass is 9.88. The highest BCUT2D eigenvalue weighted by molar-refractivity contribution is 8.00. The van der Waals surface area contributed by atoms with Crippen molar-refractivity contribution in [3.05, 3.63) is 46.6 Å². The Kier molecular flexibility index (Phi) is 4.15. The van der Waals surface area contributed by atoms with Gasteiger partial charge in [0.1, 0.15) is 11.9 Å². The second kappa shape index (κ2) is 5.81. The van der Waals surface area contributed by atoms with Crippen molar-refractivity contribution in [3.63, 3.8) is 0 Å². The van der Waals surface area contributed by atoms with Gasteiger partial charge in [0.2, 0.25) is 0 Å². The molecule has 22 heavy (non-hydrogen) atoms. The fraction of sp³-hybridized carbons (Fsp3) is 0.500. The van der Waals surface area contributed by atoms with Crippen LogP contribution in [-0.2, 0) is 0 Å². The minimum Gasteiger partial charge on any atom is -0.483 e. The van der Waals surface area contributed by atoms with Gasteiger partial charge in [-0.15, -0.1) is 11.8 Å². The highest BCUT2D eigenvalue weighted by atomic mass is 32.2. The third-order valence-corrected chi connectivity index (χ3v) is 5.69. The lowest BCUT2D eigenvalue weighted by molar-refractivity contribution is 0.217. The van der Waals surface area contributed by atoms with Gasteiger partial charge in [-0.2, -0.15) is 0 Å². The molecular formula is C20H26OS. The maximum Gasteiger partial charge on any atom is 0.137 e. The van der Waals surface area contributed by atoms with Gasteiger partial charge in [0.25, 0.3) is 0 Å². The van der Waals surface area contributed by atoms with Crippen LogP contribution in [0.2, 0.25) is 0 Å². The third kappa shape index (κ3) is 2.74. The molecule has 0 amide bonds. The summed E-state index contributed by atoms with van der Waals surface area (Å²) in [5.41, 5.74) is 5.46. The number of thioether (sulfide) groups is 1. The highest BCUT2D eigenvalue weighted by Gasteiger charge is 2.36. The molecule has 2 aliphatic rings. The molecule has 0 saturated heterocycles. The van der Waals surface area contributed by atoms with Gasteiger partial charge in [0, 0.05) is 0 Å². The van der Waals surface area contributed by atoms with Crippen LogP contribution in [0.15, 0.2) is 40.3 Å². The first-order valence-corrected chi connectivity index (χ1v) is 9.12. The first-order valence-electron chi connectivity index (χ1n) is 8.24.